The lowest BCUT2D eigenvalue weighted by atomic mass is 10.1. The third kappa shape index (κ3) is 4.65. The summed E-state index contributed by atoms with van der Waals surface area (Å²) < 4.78 is 11.9. The number of methoxy groups -OCH3 is 1. The number of fused-ring (bicyclic) bond motifs is 1. The van der Waals surface area contributed by atoms with Crippen LogP contribution in [0.3, 0.4) is 0 Å². The Morgan fingerprint density at radius 2 is 1.72 bits per heavy atom. The molecule has 162 valence electrons. The van der Waals surface area contributed by atoms with Crippen molar-refractivity contribution in [3.8, 4) is 5.88 Å². The van der Waals surface area contributed by atoms with Gasteiger partial charge in [-0.2, -0.15) is 5.10 Å². The number of aromatic nitrogens is 3. The molecular formula is C24H22N4O4. The predicted octanol–water partition coefficient (Wildman–Crippen LogP) is 3.12. The molecule has 2 aromatic carbocycles. The molecule has 0 atom stereocenters. The third-order valence-electron chi connectivity index (χ3n) is 4.80. The van der Waals surface area contributed by atoms with Crippen LogP contribution in [0.4, 0.5) is 5.69 Å². The van der Waals surface area contributed by atoms with Crippen LogP contribution < -0.4 is 15.6 Å². The Morgan fingerprint density at radius 1 is 0.969 bits per heavy atom. The molecule has 0 aliphatic carbocycles. The van der Waals surface area contributed by atoms with Gasteiger partial charge in [-0.3, -0.25) is 9.59 Å². The number of pyridine rings is 1. The minimum Gasteiger partial charge on any atom is -0.474 e. The lowest BCUT2D eigenvalue weighted by molar-refractivity contribution is 0.102. The van der Waals surface area contributed by atoms with Gasteiger partial charge >= 0.3 is 0 Å². The normalized spacial score (nSPS) is 10.8. The maximum Gasteiger partial charge on any atom is 0.276 e. The van der Waals surface area contributed by atoms with E-state index in [4.69, 9.17) is 9.47 Å². The van der Waals surface area contributed by atoms with Crippen LogP contribution in [0, 0.1) is 0 Å². The molecule has 2 heterocycles. The summed E-state index contributed by atoms with van der Waals surface area (Å²) in [6.45, 7) is 0.934. The summed E-state index contributed by atoms with van der Waals surface area (Å²) in [5, 5.41) is 8.12. The van der Waals surface area contributed by atoms with E-state index in [2.05, 4.69) is 15.4 Å². The van der Waals surface area contributed by atoms with Crippen molar-refractivity contribution in [2.45, 2.75) is 6.54 Å². The summed E-state index contributed by atoms with van der Waals surface area (Å²) in [6.07, 6.45) is 1.57. The van der Waals surface area contributed by atoms with Gasteiger partial charge in [0.25, 0.3) is 11.5 Å². The molecule has 0 saturated heterocycles. The van der Waals surface area contributed by atoms with Gasteiger partial charge < -0.3 is 14.8 Å². The summed E-state index contributed by atoms with van der Waals surface area (Å²) >= 11 is 0. The number of anilines is 1. The van der Waals surface area contributed by atoms with E-state index in [1.165, 1.54) is 4.68 Å². The highest BCUT2D eigenvalue weighted by Crippen LogP contribution is 2.22. The highest BCUT2D eigenvalue weighted by Gasteiger charge is 2.18. The first-order valence-electron chi connectivity index (χ1n) is 10.1. The highest BCUT2D eigenvalue weighted by atomic mass is 16.5. The molecule has 2 aromatic heterocycles. The van der Waals surface area contributed by atoms with Crippen LogP contribution in [0.5, 0.6) is 5.88 Å². The van der Waals surface area contributed by atoms with Crippen LogP contribution in [0.2, 0.25) is 0 Å². The van der Waals surface area contributed by atoms with Gasteiger partial charge in [0.15, 0.2) is 5.69 Å². The lowest BCUT2D eigenvalue weighted by Gasteiger charge is -2.13. The first kappa shape index (κ1) is 21.2. The second-order valence-electron chi connectivity index (χ2n) is 6.99. The molecule has 4 rings (SSSR count). The first-order chi connectivity index (χ1) is 15.7. The third-order valence-corrected chi connectivity index (χ3v) is 4.80. The van der Waals surface area contributed by atoms with E-state index in [0.717, 1.165) is 5.56 Å². The second kappa shape index (κ2) is 9.84. The van der Waals surface area contributed by atoms with Crippen LogP contribution in [-0.4, -0.2) is 41.0 Å². The Balaban J connectivity index is 1.70. The number of amides is 1. The SMILES string of the molecule is COCCOc1ncccc1NC(=O)c1nn(Cc2ccccc2)c(=O)c2ccccc12. The average Bonchev–Trinajstić information content (AvgIpc) is 2.83. The molecule has 0 unspecified atom stereocenters. The van der Waals surface area contributed by atoms with Crippen molar-refractivity contribution in [3.05, 3.63) is 94.5 Å². The number of rotatable bonds is 8. The molecule has 0 saturated carbocycles. The van der Waals surface area contributed by atoms with Crippen LogP contribution in [0.15, 0.2) is 77.7 Å². The van der Waals surface area contributed by atoms with Gasteiger partial charge in [0, 0.05) is 18.7 Å². The second-order valence-corrected chi connectivity index (χ2v) is 6.99. The molecule has 8 heteroatoms. The number of nitrogens with one attached hydrogen (secondary N) is 1. The zero-order valence-electron chi connectivity index (χ0n) is 17.5. The minimum absolute atomic E-state index is 0.142. The average molecular weight is 430 g/mol. The minimum atomic E-state index is -0.465. The fourth-order valence-electron chi connectivity index (χ4n) is 3.27. The Kier molecular flexibility index (Phi) is 6.52. The van der Waals surface area contributed by atoms with Crippen molar-refractivity contribution in [1.82, 2.24) is 14.8 Å². The number of nitrogens with zero attached hydrogens (tertiary/aromatic N) is 3. The van der Waals surface area contributed by atoms with E-state index in [-0.39, 0.29) is 23.7 Å². The number of hydrogen-bond donors (Lipinski definition) is 1. The van der Waals surface area contributed by atoms with Crippen LogP contribution in [-0.2, 0) is 11.3 Å². The number of ether oxygens (including phenoxy) is 2. The molecular weight excluding hydrogens is 408 g/mol. The van der Waals surface area contributed by atoms with E-state index in [0.29, 0.717) is 29.7 Å². The fourth-order valence-corrected chi connectivity index (χ4v) is 3.27. The molecule has 32 heavy (non-hydrogen) atoms. The standard InChI is InChI=1S/C24H22N4O4/c1-31-14-15-32-23-20(12-7-13-25-23)26-22(29)21-18-10-5-6-11-19(18)24(30)28(27-21)16-17-8-3-2-4-9-17/h2-13H,14-16H2,1H3,(H,26,29). The fraction of sp³-hybridized carbons (Fsp3) is 0.167. The van der Waals surface area contributed by atoms with Crippen molar-refractivity contribution < 1.29 is 14.3 Å². The first-order valence-corrected chi connectivity index (χ1v) is 10.1. The zero-order valence-corrected chi connectivity index (χ0v) is 17.5. The monoisotopic (exact) mass is 430 g/mol. The van der Waals surface area contributed by atoms with Crippen molar-refractivity contribution in [3.63, 3.8) is 0 Å². The summed E-state index contributed by atoms with van der Waals surface area (Å²) in [5.41, 5.74) is 1.19. The molecule has 8 nitrogen and oxygen atoms in total. The molecule has 0 aliphatic rings. The van der Waals surface area contributed by atoms with Gasteiger partial charge in [0.05, 0.1) is 18.5 Å². The van der Waals surface area contributed by atoms with Crippen molar-refractivity contribution >= 4 is 22.4 Å². The topological polar surface area (TPSA) is 95.3 Å². The van der Waals surface area contributed by atoms with Crippen LogP contribution >= 0.6 is 0 Å². The number of hydrogen-bond acceptors (Lipinski definition) is 6. The van der Waals surface area contributed by atoms with Gasteiger partial charge in [0.1, 0.15) is 12.3 Å². The predicted molar refractivity (Wildman–Crippen MR) is 121 cm³/mol. The highest BCUT2D eigenvalue weighted by molar-refractivity contribution is 6.11. The molecule has 0 radical (unpaired) electrons. The maximum atomic E-state index is 13.2. The van der Waals surface area contributed by atoms with Gasteiger partial charge in [-0.25, -0.2) is 9.67 Å². The van der Waals surface area contributed by atoms with Gasteiger partial charge in [0.2, 0.25) is 5.88 Å². The summed E-state index contributed by atoms with van der Waals surface area (Å²) in [6, 6.07) is 19.8. The molecule has 1 amide bonds. The molecule has 4 aromatic rings. The smallest absolute Gasteiger partial charge is 0.276 e. The Bertz CT molecular complexity index is 1290. The molecule has 0 spiro atoms. The maximum absolute atomic E-state index is 13.2. The van der Waals surface area contributed by atoms with Crippen LogP contribution in [0.25, 0.3) is 10.8 Å². The summed E-state index contributed by atoms with van der Waals surface area (Å²) in [7, 11) is 1.58. The van der Waals surface area contributed by atoms with E-state index < -0.39 is 5.91 Å². The number of carbonyl (C=O) groups excluding carboxylic acids is 1. The van der Waals surface area contributed by atoms with E-state index in [9.17, 15) is 9.59 Å². The zero-order chi connectivity index (χ0) is 22.3. The molecule has 1 N–H and O–H groups in total. The number of benzene rings is 2. The van der Waals surface area contributed by atoms with E-state index in [1.54, 1.807) is 49.7 Å². The van der Waals surface area contributed by atoms with E-state index in [1.807, 2.05) is 30.3 Å². The van der Waals surface area contributed by atoms with Crippen LogP contribution in [0.1, 0.15) is 16.1 Å². The van der Waals surface area contributed by atoms with E-state index >= 15 is 0 Å². The van der Waals surface area contributed by atoms with Gasteiger partial charge in [-0.1, -0.05) is 48.5 Å². The molecule has 0 bridgehead atoms. The Hall–Kier alpha value is -4.04. The lowest BCUT2D eigenvalue weighted by Crippen LogP contribution is -2.28. The largest absolute Gasteiger partial charge is 0.474 e. The van der Waals surface area contributed by atoms with Crippen molar-refractivity contribution in [2.24, 2.45) is 0 Å². The van der Waals surface area contributed by atoms with Gasteiger partial charge in [-0.05, 0) is 23.8 Å². The quantitative estimate of drug-likeness (QED) is 0.432. The Labute approximate surface area is 184 Å². The number of carbonyl (C=O) groups is 1. The molecule has 0 aliphatic heterocycles. The molecule has 0 fully saturated rings. The van der Waals surface area contributed by atoms with Crippen molar-refractivity contribution in [2.75, 3.05) is 25.6 Å². The summed E-state index contributed by atoms with van der Waals surface area (Å²) in [4.78, 5) is 30.4. The van der Waals surface area contributed by atoms with Crippen molar-refractivity contribution in [1.29, 1.82) is 0 Å². The van der Waals surface area contributed by atoms with Gasteiger partial charge in [-0.15, -0.1) is 0 Å². The Morgan fingerprint density at radius 3 is 2.50 bits per heavy atom. The summed E-state index contributed by atoms with van der Waals surface area (Å²) in [5.74, 6) is -0.188.